The monoisotopic (exact) mass is 233 g/mol. The fourth-order valence-corrected chi connectivity index (χ4v) is 1.57. The van der Waals surface area contributed by atoms with E-state index >= 15 is 0 Å². The van der Waals surface area contributed by atoms with Gasteiger partial charge in [-0.15, -0.1) is 0 Å². The molecule has 0 aliphatic carbocycles. The van der Waals surface area contributed by atoms with Crippen molar-refractivity contribution in [3.63, 3.8) is 0 Å². The van der Waals surface area contributed by atoms with Crippen molar-refractivity contribution in [3.8, 4) is 17.2 Å². The number of nitriles is 1. The molecule has 2 aromatic carbocycles. The van der Waals surface area contributed by atoms with Gasteiger partial charge in [0.2, 0.25) is 0 Å². The molecular formula is C13H6F3N. The summed E-state index contributed by atoms with van der Waals surface area (Å²) in [4.78, 5) is 0. The minimum Gasteiger partial charge on any atom is -0.207 e. The Kier molecular flexibility index (Phi) is 2.84. The van der Waals surface area contributed by atoms with E-state index in [4.69, 9.17) is 5.26 Å². The number of hydrogen-bond donors (Lipinski definition) is 0. The van der Waals surface area contributed by atoms with Gasteiger partial charge in [0.25, 0.3) is 0 Å². The van der Waals surface area contributed by atoms with E-state index in [0.29, 0.717) is 6.07 Å². The van der Waals surface area contributed by atoms with Gasteiger partial charge in [-0.2, -0.15) is 5.26 Å². The van der Waals surface area contributed by atoms with Crippen molar-refractivity contribution >= 4 is 0 Å². The largest absolute Gasteiger partial charge is 0.207 e. The van der Waals surface area contributed by atoms with Crippen LogP contribution < -0.4 is 0 Å². The Morgan fingerprint density at radius 3 is 2.29 bits per heavy atom. The van der Waals surface area contributed by atoms with Gasteiger partial charge in [-0.1, -0.05) is 12.1 Å². The van der Waals surface area contributed by atoms with Crippen LogP contribution in [-0.2, 0) is 0 Å². The molecule has 0 saturated heterocycles. The van der Waals surface area contributed by atoms with Crippen LogP contribution in [0.15, 0.2) is 36.4 Å². The van der Waals surface area contributed by atoms with E-state index in [1.54, 1.807) is 6.07 Å². The predicted molar refractivity (Wildman–Crippen MR) is 56.5 cm³/mol. The van der Waals surface area contributed by atoms with Crippen LogP contribution in [0.4, 0.5) is 13.2 Å². The Bertz CT molecular complexity index is 615. The highest BCUT2D eigenvalue weighted by Crippen LogP contribution is 2.27. The SMILES string of the molecule is N#Cc1c(F)cccc1-c1ccc(F)cc1F. The fraction of sp³-hybridized carbons (Fsp3) is 0. The van der Waals surface area contributed by atoms with E-state index in [9.17, 15) is 13.2 Å². The molecule has 0 N–H and O–H groups in total. The van der Waals surface area contributed by atoms with Gasteiger partial charge in [0.15, 0.2) is 0 Å². The lowest BCUT2D eigenvalue weighted by molar-refractivity contribution is 0.585. The zero-order chi connectivity index (χ0) is 12.4. The molecule has 0 aromatic heterocycles. The summed E-state index contributed by atoms with van der Waals surface area (Å²) < 4.78 is 39.6. The molecule has 0 atom stereocenters. The number of benzene rings is 2. The highest BCUT2D eigenvalue weighted by Gasteiger charge is 2.13. The topological polar surface area (TPSA) is 23.8 Å². The Morgan fingerprint density at radius 1 is 0.882 bits per heavy atom. The summed E-state index contributed by atoms with van der Waals surface area (Å²) in [6.07, 6.45) is 0. The molecule has 1 nitrogen and oxygen atoms in total. The number of rotatable bonds is 1. The van der Waals surface area contributed by atoms with Crippen molar-refractivity contribution in [3.05, 3.63) is 59.4 Å². The molecule has 2 rings (SSSR count). The Hall–Kier alpha value is -2.28. The molecule has 0 aliphatic rings. The predicted octanol–water partition coefficient (Wildman–Crippen LogP) is 3.64. The molecule has 0 radical (unpaired) electrons. The van der Waals surface area contributed by atoms with Gasteiger partial charge >= 0.3 is 0 Å². The molecule has 4 heteroatoms. The summed E-state index contributed by atoms with van der Waals surface area (Å²) in [5.41, 5.74) is -0.134. The third kappa shape index (κ3) is 2.00. The molecule has 0 saturated carbocycles. The van der Waals surface area contributed by atoms with Crippen LogP contribution in [0.1, 0.15) is 5.56 Å². The first-order valence-electron chi connectivity index (χ1n) is 4.77. The minimum atomic E-state index is -0.827. The highest BCUT2D eigenvalue weighted by molar-refractivity contribution is 5.71. The molecule has 0 aliphatic heterocycles. The molecule has 0 amide bonds. The lowest BCUT2D eigenvalue weighted by atomic mass is 9.99. The van der Waals surface area contributed by atoms with E-state index in [1.807, 2.05) is 0 Å². The van der Waals surface area contributed by atoms with Crippen LogP contribution >= 0.6 is 0 Å². The number of halogens is 3. The average molecular weight is 233 g/mol. The van der Waals surface area contributed by atoms with Crippen molar-refractivity contribution in [1.29, 1.82) is 5.26 Å². The van der Waals surface area contributed by atoms with E-state index in [0.717, 1.165) is 12.1 Å². The molecular weight excluding hydrogens is 227 g/mol. The second kappa shape index (κ2) is 4.30. The Balaban J connectivity index is 2.69. The van der Waals surface area contributed by atoms with Crippen molar-refractivity contribution < 1.29 is 13.2 Å². The molecule has 0 bridgehead atoms. The van der Waals surface area contributed by atoms with Crippen LogP contribution in [0.2, 0.25) is 0 Å². The zero-order valence-corrected chi connectivity index (χ0v) is 8.55. The van der Waals surface area contributed by atoms with Crippen molar-refractivity contribution in [2.45, 2.75) is 0 Å². The van der Waals surface area contributed by atoms with E-state index in [1.165, 1.54) is 18.2 Å². The van der Waals surface area contributed by atoms with E-state index in [2.05, 4.69) is 0 Å². The summed E-state index contributed by atoms with van der Waals surface area (Å²) in [6.45, 7) is 0. The minimum absolute atomic E-state index is 0.00227. The Labute approximate surface area is 95.7 Å². The van der Waals surface area contributed by atoms with Gasteiger partial charge in [0, 0.05) is 17.2 Å². The summed E-state index contributed by atoms with van der Waals surface area (Å²) >= 11 is 0. The summed E-state index contributed by atoms with van der Waals surface area (Å²) in [5, 5.41) is 8.82. The summed E-state index contributed by atoms with van der Waals surface area (Å²) in [7, 11) is 0. The molecule has 0 fully saturated rings. The maximum absolute atomic E-state index is 13.5. The quantitative estimate of drug-likeness (QED) is 0.737. The lowest BCUT2D eigenvalue weighted by Crippen LogP contribution is -1.92. The van der Waals surface area contributed by atoms with E-state index < -0.39 is 17.5 Å². The van der Waals surface area contributed by atoms with Crippen LogP contribution in [-0.4, -0.2) is 0 Å². The second-order valence-electron chi connectivity index (χ2n) is 3.40. The third-order valence-electron chi connectivity index (χ3n) is 2.35. The van der Waals surface area contributed by atoms with Crippen molar-refractivity contribution in [1.82, 2.24) is 0 Å². The van der Waals surface area contributed by atoms with Gasteiger partial charge in [-0.05, 0) is 18.2 Å². The van der Waals surface area contributed by atoms with Crippen LogP contribution in [0.3, 0.4) is 0 Å². The first kappa shape index (κ1) is 11.2. The first-order valence-corrected chi connectivity index (χ1v) is 4.77. The van der Waals surface area contributed by atoms with E-state index in [-0.39, 0.29) is 16.7 Å². The second-order valence-corrected chi connectivity index (χ2v) is 3.40. The normalized spacial score (nSPS) is 10.0. The average Bonchev–Trinajstić information content (AvgIpc) is 2.29. The van der Waals surface area contributed by atoms with Gasteiger partial charge in [0.1, 0.15) is 23.5 Å². The first-order chi connectivity index (χ1) is 8.13. The van der Waals surface area contributed by atoms with Crippen molar-refractivity contribution in [2.24, 2.45) is 0 Å². The molecule has 84 valence electrons. The van der Waals surface area contributed by atoms with Gasteiger partial charge < -0.3 is 0 Å². The van der Waals surface area contributed by atoms with Crippen LogP contribution in [0.5, 0.6) is 0 Å². The smallest absolute Gasteiger partial charge is 0.141 e. The zero-order valence-electron chi connectivity index (χ0n) is 8.55. The highest BCUT2D eigenvalue weighted by atomic mass is 19.1. The molecule has 2 aromatic rings. The standard InChI is InChI=1S/C13H6F3N/c14-8-4-5-10(13(16)6-8)9-2-1-3-12(15)11(9)7-17/h1-6H. The summed E-state index contributed by atoms with van der Waals surface area (Å²) in [6, 6.07) is 8.50. The third-order valence-corrected chi connectivity index (χ3v) is 2.35. The lowest BCUT2D eigenvalue weighted by Gasteiger charge is -2.06. The number of nitrogens with zero attached hydrogens (tertiary/aromatic N) is 1. The number of hydrogen-bond acceptors (Lipinski definition) is 1. The van der Waals surface area contributed by atoms with Crippen molar-refractivity contribution in [2.75, 3.05) is 0 Å². The summed E-state index contributed by atoms with van der Waals surface area (Å²) in [5.74, 6) is -2.28. The van der Waals surface area contributed by atoms with Crippen LogP contribution in [0, 0.1) is 28.8 Å². The van der Waals surface area contributed by atoms with Gasteiger partial charge in [0.05, 0.1) is 5.56 Å². The maximum Gasteiger partial charge on any atom is 0.141 e. The van der Waals surface area contributed by atoms with Gasteiger partial charge in [-0.3, -0.25) is 0 Å². The molecule has 0 unspecified atom stereocenters. The Morgan fingerprint density at radius 2 is 1.65 bits per heavy atom. The molecule has 17 heavy (non-hydrogen) atoms. The molecule has 0 spiro atoms. The fourth-order valence-electron chi connectivity index (χ4n) is 1.57. The molecule has 0 heterocycles. The van der Waals surface area contributed by atoms with Crippen LogP contribution in [0.25, 0.3) is 11.1 Å². The maximum atomic E-state index is 13.5. The van der Waals surface area contributed by atoms with Gasteiger partial charge in [-0.25, -0.2) is 13.2 Å².